The van der Waals surface area contributed by atoms with E-state index in [1.165, 1.54) is 30.9 Å². The molecule has 0 unspecified atom stereocenters. The second kappa shape index (κ2) is 10.1. The van der Waals surface area contributed by atoms with Gasteiger partial charge in [0.05, 0.1) is 6.04 Å². The molecule has 6 nitrogen and oxygen atoms in total. The Morgan fingerprint density at radius 1 is 0.967 bits per heavy atom. The minimum absolute atomic E-state index is 0.0448. The molecule has 1 aliphatic rings. The molecule has 1 N–H and O–H groups in total. The molecular formula is C24H27NO5. The molecule has 1 amide bonds. The van der Waals surface area contributed by atoms with E-state index in [1.807, 2.05) is 13.0 Å². The van der Waals surface area contributed by atoms with Crippen LogP contribution in [0, 0.1) is 0 Å². The second-order valence-electron chi connectivity index (χ2n) is 7.55. The Bertz CT molecular complexity index is 920. The van der Waals surface area contributed by atoms with Gasteiger partial charge in [-0.3, -0.25) is 9.59 Å². The van der Waals surface area contributed by atoms with Gasteiger partial charge in [-0.1, -0.05) is 18.2 Å². The molecule has 0 spiro atoms. The number of hydrogen-bond acceptors (Lipinski definition) is 5. The molecule has 1 aliphatic carbocycles. The molecular weight excluding hydrogens is 382 g/mol. The largest absolute Gasteiger partial charge is 0.482 e. The predicted molar refractivity (Wildman–Crippen MR) is 113 cm³/mol. The lowest BCUT2D eigenvalue weighted by Crippen LogP contribution is -2.32. The Hall–Kier alpha value is -3.15. The van der Waals surface area contributed by atoms with Crippen LogP contribution in [0.4, 0.5) is 0 Å². The van der Waals surface area contributed by atoms with Crippen LogP contribution < -0.4 is 10.1 Å². The highest BCUT2D eigenvalue weighted by atomic mass is 16.6. The molecule has 2 aromatic carbocycles. The molecule has 3 rings (SSSR count). The van der Waals surface area contributed by atoms with Gasteiger partial charge in [-0.25, -0.2) is 4.79 Å². The zero-order valence-electron chi connectivity index (χ0n) is 17.4. The fourth-order valence-electron chi connectivity index (χ4n) is 3.51. The number of hydrogen-bond donors (Lipinski definition) is 1. The number of carbonyl (C=O) groups is 3. The molecule has 30 heavy (non-hydrogen) atoms. The number of carbonyl (C=O) groups excluding carboxylic acids is 3. The highest BCUT2D eigenvalue weighted by Gasteiger charge is 2.15. The van der Waals surface area contributed by atoms with Gasteiger partial charge in [-0.15, -0.1) is 0 Å². The molecule has 0 radical (unpaired) electrons. The van der Waals surface area contributed by atoms with Gasteiger partial charge < -0.3 is 14.8 Å². The third-order valence-corrected chi connectivity index (χ3v) is 5.23. The van der Waals surface area contributed by atoms with Gasteiger partial charge in [0.1, 0.15) is 5.75 Å². The van der Waals surface area contributed by atoms with Crippen molar-refractivity contribution in [1.82, 2.24) is 5.32 Å². The summed E-state index contributed by atoms with van der Waals surface area (Å²) in [6.07, 6.45) is 4.64. The molecule has 1 atom stereocenters. The first-order chi connectivity index (χ1) is 14.4. The van der Waals surface area contributed by atoms with Gasteiger partial charge in [0, 0.05) is 5.56 Å². The minimum atomic E-state index is -0.637. The van der Waals surface area contributed by atoms with Crippen LogP contribution in [0.1, 0.15) is 59.8 Å². The standard InChI is InChI=1S/C24H27NO5/c1-16(20-8-7-19-5-3-4-6-21(19)13-20)25-23(27)14-30-24(28)15-29-22-11-9-18(10-12-22)17(2)26/h7-13,16H,3-6,14-15H2,1-2H3,(H,25,27)/t16-/m1/s1. The van der Waals surface area contributed by atoms with Crippen LogP contribution in [0.2, 0.25) is 0 Å². The lowest BCUT2D eigenvalue weighted by atomic mass is 9.89. The van der Waals surface area contributed by atoms with Crippen LogP contribution in [0.15, 0.2) is 42.5 Å². The van der Waals surface area contributed by atoms with E-state index in [0.717, 1.165) is 18.4 Å². The molecule has 0 fully saturated rings. The smallest absolute Gasteiger partial charge is 0.344 e. The van der Waals surface area contributed by atoms with Crippen molar-refractivity contribution in [1.29, 1.82) is 0 Å². The second-order valence-corrected chi connectivity index (χ2v) is 7.55. The van der Waals surface area contributed by atoms with Gasteiger partial charge in [0.15, 0.2) is 19.0 Å². The molecule has 0 aromatic heterocycles. The van der Waals surface area contributed by atoms with Crippen LogP contribution in [-0.4, -0.2) is 30.9 Å². The van der Waals surface area contributed by atoms with Crippen LogP contribution >= 0.6 is 0 Å². The van der Waals surface area contributed by atoms with Crippen molar-refractivity contribution in [2.45, 2.75) is 45.6 Å². The highest BCUT2D eigenvalue weighted by Crippen LogP contribution is 2.24. The van der Waals surface area contributed by atoms with E-state index < -0.39 is 5.97 Å². The Kier molecular flexibility index (Phi) is 7.22. The SMILES string of the molecule is CC(=O)c1ccc(OCC(=O)OCC(=O)N[C@H](C)c2ccc3c(c2)CCCC3)cc1. The average molecular weight is 409 g/mol. The Balaban J connectivity index is 1.41. The summed E-state index contributed by atoms with van der Waals surface area (Å²) in [5, 5.41) is 2.86. The first-order valence-electron chi connectivity index (χ1n) is 10.2. The summed E-state index contributed by atoms with van der Waals surface area (Å²) >= 11 is 0. The first-order valence-corrected chi connectivity index (χ1v) is 10.2. The number of amides is 1. The Morgan fingerprint density at radius 3 is 2.37 bits per heavy atom. The van der Waals surface area contributed by atoms with Crippen molar-refractivity contribution in [2.75, 3.05) is 13.2 Å². The summed E-state index contributed by atoms with van der Waals surface area (Å²) < 4.78 is 10.3. The summed E-state index contributed by atoms with van der Waals surface area (Å²) in [6.45, 7) is 2.72. The fraction of sp³-hybridized carbons (Fsp3) is 0.375. The average Bonchev–Trinajstić information content (AvgIpc) is 2.76. The van der Waals surface area contributed by atoms with E-state index in [-0.39, 0.29) is 30.9 Å². The van der Waals surface area contributed by atoms with Crippen LogP contribution in [0.3, 0.4) is 0 Å². The lowest BCUT2D eigenvalue weighted by molar-refractivity contribution is -0.150. The molecule has 0 bridgehead atoms. The number of Topliss-reactive ketones (excluding diaryl/α,β-unsaturated/α-hetero) is 1. The highest BCUT2D eigenvalue weighted by molar-refractivity contribution is 5.94. The van der Waals surface area contributed by atoms with Gasteiger partial charge in [-0.2, -0.15) is 0 Å². The van der Waals surface area contributed by atoms with Gasteiger partial charge in [-0.05, 0) is 80.5 Å². The summed E-state index contributed by atoms with van der Waals surface area (Å²) in [4.78, 5) is 35.2. The number of rotatable bonds is 8. The third kappa shape index (κ3) is 5.92. The molecule has 0 saturated heterocycles. The Labute approximate surface area is 176 Å². The molecule has 6 heteroatoms. The van der Waals surface area contributed by atoms with Crippen LogP contribution in [0.25, 0.3) is 0 Å². The monoisotopic (exact) mass is 409 g/mol. The summed E-state index contributed by atoms with van der Waals surface area (Å²) in [7, 11) is 0. The van der Waals surface area contributed by atoms with Crippen molar-refractivity contribution >= 4 is 17.7 Å². The molecule has 0 heterocycles. The molecule has 2 aromatic rings. The number of fused-ring (bicyclic) bond motifs is 1. The van der Waals surface area contributed by atoms with Crippen molar-refractivity contribution in [3.05, 3.63) is 64.7 Å². The maximum atomic E-state index is 12.1. The molecule has 0 saturated carbocycles. The van der Waals surface area contributed by atoms with Gasteiger partial charge in [0.25, 0.3) is 5.91 Å². The molecule has 0 aliphatic heterocycles. The summed E-state index contributed by atoms with van der Waals surface area (Å²) in [6, 6.07) is 12.7. The van der Waals surface area contributed by atoms with Crippen molar-refractivity contribution in [2.24, 2.45) is 0 Å². The number of esters is 1. The molecule has 158 valence electrons. The zero-order chi connectivity index (χ0) is 21.5. The van der Waals surface area contributed by atoms with E-state index in [4.69, 9.17) is 9.47 Å². The minimum Gasteiger partial charge on any atom is -0.482 e. The van der Waals surface area contributed by atoms with Gasteiger partial charge >= 0.3 is 5.97 Å². The number of aryl methyl sites for hydroxylation is 2. The third-order valence-electron chi connectivity index (χ3n) is 5.23. The number of ketones is 1. The van der Waals surface area contributed by atoms with Crippen LogP contribution in [0.5, 0.6) is 5.75 Å². The maximum Gasteiger partial charge on any atom is 0.344 e. The van der Waals surface area contributed by atoms with Crippen LogP contribution in [-0.2, 0) is 27.2 Å². The lowest BCUT2D eigenvalue weighted by Gasteiger charge is -2.20. The van der Waals surface area contributed by atoms with E-state index in [0.29, 0.717) is 11.3 Å². The summed E-state index contributed by atoms with van der Waals surface area (Å²) in [5.74, 6) is -0.597. The normalized spacial score (nSPS) is 13.7. The van der Waals surface area contributed by atoms with Gasteiger partial charge in [0.2, 0.25) is 0 Å². The predicted octanol–water partition coefficient (Wildman–Crippen LogP) is 3.57. The van der Waals surface area contributed by atoms with Crippen molar-refractivity contribution < 1.29 is 23.9 Å². The first kappa shape index (κ1) is 21.6. The zero-order valence-corrected chi connectivity index (χ0v) is 17.4. The van der Waals surface area contributed by atoms with E-state index in [1.54, 1.807) is 24.3 Å². The Morgan fingerprint density at radius 2 is 1.67 bits per heavy atom. The topological polar surface area (TPSA) is 81.7 Å². The van der Waals surface area contributed by atoms with E-state index in [2.05, 4.69) is 17.4 Å². The number of benzene rings is 2. The van der Waals surface area contributed by atoms with E-state index >= 15 is 0 Å². The summed E-state index contributed by atoms with van der Waals surface area (Å²) in [5.41, 5.74) is 4.37. The fourth-order valence-corrected chi connectivity index (χ4v) is 3.51. The quantitative estimate of drug-likeness (QED) is 0.532. The number of ether oxygens (including phenoxy) is 2. The van der Waals surface area contributed by atoms with Crippen molar-refractivity contribution in [3.63, 3.8) is 0 Å². The number of nitrogens with one attached hydrogen (secondary N) is 1. The van der Waals surface area contributed by atoms with E-state index in [9.17, 15) is 14.4 Å². The maximum absolute atomic E-state index is 12.1. The van der Waals surface area contributed by atoms with Crippen molar-refractivity contribution in [3.8, 4) is 5.75 Å².